The fraction of sp³-hybridized carbons (Fsp3) is 0.364. The molecule has 6 rings (SSSR count). The van der Waals surface area contributed by atoms with Crippen LogP contribution in [0.4, 0.5) is 5.95 Å². The smallest absolute Gasteiger partial charge is 0.277 e. The molecule has 2 aliphatic heterocycles. The monoisotopic (exact) mass is 643 g/mol. The maximum atomic E-state index is 14.0. The maximum Gasteiger partial charge on any atom is 0.277 e. The zero-order valence-electron chi connectivity index (χ0n) is 26.2. The number of anilines is 1. The Bertz CT molecular complexity index is 1730. The molecule has 2 aliphatic rings. The number of aromatic hydroxyl groups is 2. The number of nitrogens with one attached hydrogen (secondary N) is 1. The minimum atomic E-state index is -0.706. The number of aromatic nitrogens is 3. The Morgan fingerprint density at radius 2 is 1.62 bits per heavy atom. The number of phenols is 2. The molecular formula is C33H37N7O7. The van der Waals surface area contributed by atoms with Gasteiger partial charge < -0.3 is 29.3 Å². The van der Waals surface area contributed by atoms with Crippen molar-refractivity contribution < 1.29 is 34.3 Å². The van der Waals surface area contributed by atoms with E-state index in [4.69, 9.17) is 14.5 Å². The molecule has 4 aromatic rings. The fourth-order valence-corrected chi connectivity index (χ4v) is 5.85. The predicted octanol–water partition coefficient (Wildman–Crippen LogP) is 3.25. The Labute approximate surface area is 271 Å². The molecule has 47 heavy (non-hydrogen) atoms. The normalized spacial score (nSPS) is 15.7. The Morgan fingerprint density at radius 3 is 2.26 bits per heavy atom. The topological polar surface area (TPSA) is 178 Å². The molecule has 4 heterocycles. The van der Waals surface area contributed by atoms with Crippen LogP contribution in [0.15, 0.2) is 53.3 Å². The van der Waals surface area contributed by atoms with Crippen molar-refractivity contribution in [3.63, 3.8) is 0 Å². The van der Waals surface area contributed by atoms with Crippen molar-refractivity contribution in [1.29, 1.82) is 0 Å². The van der Waals surface area contributed by atoms with Crippen LogP contribution in [0.3, 0.4) is 0 Å². The molecule has 0 aliphatic carbocycles. The SMILES string of the molecule is CC(C)c1cc(-c2onc(C(=O)N3CCN(c4ncc(C(=O)NO)cn4)CC3)c2-c2ccc(CN3CCOCC3)cc2)c(O)cc1O. The van der Waals surface area contributed by atoms with Gasteiger partial charge in [-0.2, -0.15) is 0 Å². The summed E-state index contributed by atoms with van der Waals surface area (Å²) in [7, 11) is 0. The van der Waals surface area contributed by atoms with E-state index in [2.05, 4.69) is 20.0 Å². The first-order valence-electron chi connectivity index (χ1n) is 15.5. The number of phenolic OH excluding ortho intramolecular Hbond substituents is 2. The van der Waals surface area contributed by atoms with Crippen LogP contribution in [0, 0.1) is 0 Å². The van der Waals surface area contributed by atoms with Gasteiger partial charge in [0.2, 0.25) is 5.95 Å². The summed E-state index contributed by atoms with van der Waals surface area (Å²) in [4.78, 5) is 40.0. The highest BCUT2D eigenvalue weighted by atomic mass is 16.5. The molecule has 2 aromatic heterocycles. The highest BCUT2D eigenvalue weighted by Gasteiger charge is 2.32. The van der Waals surface area contributed by atoms with Crippen molar-refractivity contribution in [3.05, 3.63) is 71.2 Å². The molecule has 0 saturated carbocycles. The van der Waals surface area contributed by atoms with Crippen molar-refractivity contribution in [2.24, 2.45) is 0 Å². The number of ether oxygens (including phenoxy) is 1. The number of hydrogen-bond acceptors (Lipinski definition) is 12. The van der Waals surface area contributed by atoms with Crippen LogP contribution in [-0.2, 0) is 11.3 Å². The second-order valence-electron chi connectivity index (χ2n) is 11.9. The molecule has 0 unspecified atom stereocenters. The van der Waals surface area contributed by atoms with Gasteiger partial charge >= 0.3 is 0 Å². The molecule has 0 atom stereocenters. The molecule has 14 heteroatoms. The summed E-state index contributed by atoms with van der Waals surface area (Å²) in [6.45, 7) is 9.35. The van der Waals surface area contributed by atoms with Gasteiger partial charge in [0.15, 0.2) is 11.5 Å². The lowest BCUT2D eigenvalue weighted by Gasteiger charge is -2.34. The fourth-order valence-electron chi connectivity index (χ4n) is 5.85. The molecule has 2 aromatic carbocycles. The molecule has 0 radical (unpaired) electrons. The Hall–Kier alpha value is -5.05. The van der Waals surface area contributed by atoms with Crippen molar-refractivity contribution >= 4 is 17.8 Å². The number of carbonyl (C=O) groups is 2. The lowest BCUT2D eigenvalue weighted by atomic mass is 9.93. The predicted molar refractivity (Wildman–Crippen MR) is 170 cm³/mol. The number of carbonyl (C=O) groups excluding carboxylic acids is 2. The quantitative estimate of drug-likeness (QED) is 0.163. The first-order chi connectivity index (χ1) is 22.7. The Balaban J connectivity index is 1.29. The summed E-state index contributed by atoms with van der Waals surface area (Å²) in [6, 6.07) is 10.8. The largest absolute Gasteiger partial charge is 0.508 e. The van der Waals surface area contributed by atoms with Crippen LogP contribution < -0.4 is 10.4 Å². The van der Waals surface area contributed by atoms with E-state index in [-0.39, 0.29) is 40.3 Å². The molecule has 2 fully saturated rings. The van der Waals surface area contributed by atoms with E-state index in [1.165, 1.54) is 18.5 Å². The van der Waals surface area contributed by atoms with E-state index in [0.29, 0.717) is 67.6 Å². The number of rotatable bonds is 8. The second-order valence-corrected chi connectivity index (χ2v) is 11.9. The van der Waals surface area contributed by atoms with Crippen LogP contribution in [0.2, 0.25) is 0 Å². The van der Waals surface area contributed by atoms with E-state index < -0.39 is 5.91 Å². The summed E-state index contributed by atoms with van der Waals surface area (Å²) in [5.74, 6) is -0.662. The van der Waals surface area contributed by atoms with Crippen molar-refractivity contribution in [3.8, 4) is 33.9 Å². The summed E-state index contributed by atoms with van der Waals surface area (Å²) < 4.78 is 11.3. The van der Waals surface area contributed by atoms with Crippen molar-refractivity contribution in [2.45, 2.75) is 26.3 Å². The minimum absolute atomic E-state index is 0.0285. The lowest BCUT2D eigenvalue weighted by Crippen LogP contribution is -2.49. The van der Waals surface area contributed by atoms with Gasteiger partial charge in [-0.05, 0) is 28.7 Å². The molecular weight excluding hydrogens is 606 g/mol. The highest BCUT2D eigenvalue weighted by molar-refractivity contribution is 6.02. The van der Waals surface area contributed by atoms with Gasteiger partial charge in [0.25, 0.3) is 11.8 Å². The summed E-state index contributed by atoms with van der Waals surface area (Å²) in [6.07, 6.45) is 2.65. The summed E-state index contributed by atoms with van der Waals surface area (Å²) in [5, 5.41) is 34.5. The summed E-state index contributed by atoms with van der Waals surface area (Å²) in [5.41, 5.74) is 5.00. The van der Waals surface area contributed by atoms with E-state index in [0.717, 1.165) is 25.2 Å². The number of piperazine rings is 1. The molecule has 14 nitrogen and oxygen atoms in total. The second kappa shape index (κ2) is 13.7. The maximum absolute atomic E-state index is 14.0. The average molecular weight is 644 g/mol. The van der Waals surface area contributed by atoms with Crippen LogP contribution in [0.1, 0.15) is 51.7 Å². The molecule has 2 amide bonds. The van der Waals surface area contributed by atoms with E-state index >= 15 is 0 Å². The Kier molecular flexibility index (Phi) is 9.33. The van der Waals surface area contributed by atoms with Crippen LogP contribution in [-0.4, -0.2) is 105 Å². The van der Waals surface area contributed by atoms with Gasteiger partial charge in [0, 0.05) is 64.3 Å². The van der Waals surface area contributed by atoms with Crippen LogP contribution in [0.5, 0.6) is 11.5 Å². The van der Waals surface area contributed by atoms with Gasteiger partial charge in [-0.1, -0.05) is 43.3 Å². The van der Waals surface area contributed by atoms with Gasteiger partial charge in [-0.3, -0.25) is 19.7 Å². The third-order valence-electron chi connectivity index (χ3n) is 8.51. The third-order valence-corrected chi connectivity index (χ3v) is 8.51. The van der Waals surface area contributed by atoms with Crippen LogP contribution in [0.25, 0.3) is 22.5 Å². The lowest BCUT2D eigenvalue weighted by molar-refractivity contribution is 0.0342. The number of amides is 2. The number of benzene rings is 2. The zero-order valence-corrected chi connectivity index (χ0v) is 26.2. The minimum Gasteiger partial charge on any atom is -0.508 e. The van der Waals surface area contributed by atoms with E-state index in [1.807, 2.05) is 43.0 Å². The van der Waals surface area contributed by atoms with E-state index in [9.17, 15) is 19.8 Å². The van der Waals surface area contributed by atoms with E-state index in [1.54, 1.807) is 16.4 Å². The molecule has 0 bridgehead atoms. The first-order valence-corrected chi connectivity index (χ1v) is 15.5. The van der Waals surface area contributed by atoms with Crippen molar-refractivity contribution in [1.82, 2.24) is 30.4 Å². The van der Waals surface area contributed by atoms with Crippen molar-refractivity contribution in [2.75, 3.05) is 57.4 Å². The Morgan fingerprint density at radius 1 is 0.936 bits per heavy atom. The number of hydroxylamine groups is 1. The molecule has 2 saturated heterocycles. The molecule has 0 spiro atoms. The summed E-state index contributed by atoms with van der Waals surface area (Å²) >= 11 is 0. The first kappa shape index (κ1) is 31.9. The standard InChI is InChI=1S/C33H37N7O7/c1-20(2)24-15-25(27(42)16-26(24)41)30-28(22-5-3-21(4-6-22)19-38-11-13-46-14-12-38)29(37-47-30)32(44)39-7-9-40(10-8-39)33-34-17-23(18-35-33)31(43)36-45/h3-6,15-18,20,41-42,45H,7-14,19H2,1-2H3,(H,36,43). The third kappa shape index (κ3) is 6.75. The molecule has 4 N–H and O–H groups in total. The number of hydrogen-bond donors (Lipinski definition) is 4. The average Bonchev–Trinajstić information content (AvgIpc) is 3.53. The van der Waals surface area contributed by atoms with Crippen LogP contribution >= 0.6 is 0 Å². The highest BCUT2D eigenvalue weighted by Crippen LogP contribution is 2.43. The number of nitrogens with zero attached hydrogens (tertiary/aromatic N) is 6. The molecule has 246 valence electrons. The van der Waals surface area contributed by atoms with Gasteiger partial charge in [-0.15, -0.1) is 0 Å². The number of morpholine rings is 1. The zero-order chi connectivity index (χ0) is 33.1. The van der Waals surface area contributed by atoms with Gasteiger partial charge in [0.05, 0.1) is 29.9 Å². The van der Waals surface area contributed by atoms with Gasteiger partial charge in [0.1, 0.15) is 11.5 Å². The van der Waals surface area contributed by atoms with Gasteiger partial charge in [-0.25, -0.2) is 15.4 Å².